The Hall–Kier alpha value is -2.60. The van der Waals surface area contributed by atoms with E-state index in [9.17, 15) is 9.18 Å². The summed E-state index contributed by atoms with van der Waals surface area (Å²) in [5, 5.41) is 6.21. The Morgan fingerprint density at radius 1 is 1.27 bits per heavy atom. The smallest absolute Gasteiger partial charge is 0.247 e. The molecule has 30 heavy (non-hydrogen) atoms. The van der Waals surface area contributed by atoms with Crippen LogP contribution in [0.25, 0.3) is 0 Å². The van der Waals surface area contributed by atoms with E-state index < -0.39 is 6.04 Å². The maximum absolute atomic E-state index is 14.1. The lowest BCUT2D eigenvalue weighted by Gasteiger charge is -2.41. The van der Waals surface area contributed by atoms with Crippen molar-refractivity contribution in [1.82, 2.24) is 4.90 Å². The fourth-order valence-electron chi connectivity index (χ4n) is 4.87. The van der Waals surface area contributed by atoms with Crippen LogP contribution in [0.3, 0.4) is 0 Å². The zero-order valence-corrected chi connectivity index (χ0v) is 18.2. The maximum Gasteiger partial charge on any atom is 0.247 e. The Morgan fingerprint density at radius 3 is 2.77 bits per heavy atom. The van der Waals surface area contributed by atoms with Crippen LogP contribution < -0.4 is 15.5 Å². The van der Waals surface area contributed by atoms with E-state index in [1.54, 1.807) is 6.07 Å². The van der Waals surface area contributed by atoms with Gasteiger partial charge in [-0.15, -0.1) is 0 Å². The van der Waals surface area contributed by atoms with Gasteiger partial charge < -0.3 is 20.4 Å². The number of hydrogen-bond acceptors (Lipinski definition) is 4. The van der Waals surface area contributed by atoms with Crippen LogP contribution >= 0.6 is 0 Å². The van der Waals surface area contributed by atoms with Crippen LogP contribution in [0.4, 0.5) is 21.5 Å². The van der Waals surface area contributed by atoms with Crippen LogP contribution in [0.5, 0.6) is 0 Å². The molecule has 5 nitrogen and oxygen atoms in total. The minimum absolute atomic E-state index is 0.137. The van der Waals surface area contributed by atoms with Crippen molar-refractivity contribution < 1.29 is 9.18 Å². The normalized spacial score (nSPS) is 23.3. The molecule has 2 unspecified atom stereocenters. The second-order valence-electron chi connectivity index (χ2n) is 8.90. The van der Waals surface area contributed by atoms with Gasteiger partial charge in [0.05, 0.1) is 0 Å². The molecule has 2 aliphatic heterocycles. The number of fused-ring (bicyclic) bond motifs is 1. The Morgan fingerprint density at radius 2 is 2.07 bits per heavy atom. The first-order valence-corrected chi connectivity index (χ1v) is 10.7. The van der Waals surface area contributed by atoms with Crippen molar-refractivity contribution in [3.8, 4) is 0 Å². The van der Waals surface area contributed by atoms with Crippen molar-refractivity contribution in [2.45, 2.75) is 38.8 Å². The first-order valence-electron chi connectivity index (χ1n) is 10.7. The first-order chi connectivity index (χ1) is 14.3. The molecule has 0 aromatic heterocycles. The monoisotopic (exact) mass is 410 g/mol. The second-order valence-corrected chi connectivity index (χ2v) is 8.90. The zero-order valence-electron chi connectivity index (χ0n) is 18.2. The largest absolute Gasteiger partial charge is 0.373 e. The third-order valence-electron chi connectivity index (χ3n) is 6.51. The number of carbonyl (C=O) groups excluding carboxylic acids is 1. The Labute approximate surface area is 178 Å². The minimum atomic E-state index is -0.463. The van der Waals surface area contributed by atoms with E-state index in [-0.39, 0.29) is 11.7 Å². The summed E-state index contributed by atoms with van der Waals surface area (Å²) >= 11 is 0. The lowest BCUT2D eigenvalue weighted by Crippen LogP contribution is -2.47. The molecule has 2 aromatic carbocycles. The molecule has 6 heteroatoms. The second kappa shape index (κ2) is 8.26. The van der Waals surface area contributed by atoms with Gasteiger partial charge in [0.1, 0.15) is 11.9 Å². The molecule has 2 aliphatic rings. The Bertz CT molecular complexity index is 914. The average Bonchev–Trinajstić information content (AvgIpc) is 3.18. The lowest BCUT2D eigenvalue weighted by atomic mass is 9.92. The molecule has 0 bridgehead atoms. The molecule has 160 valence electrons. The topological polar surface area (TPSA) is 47.6 Å². The van der Waals surface area contributed by atoms with Gasteiger partial charge in [-0.3, -0.25) is 4.79 Å². The SMILES string of the molecule is Cc1ccc(F)c2c1NC(C(=O)Nc1cccc(N3CCC(N(C)C)[C@H](C)C3)c1)C2. The van der Waals surface area contributed by atoms with Gasteiger partial charge in [0.15, 0.2) is 0 Å². The predicted molar refractivity (Wildman–Crippen MR) is 121 cm³/mol. The van der Waals surface area contributed by atoms with Gasteiger partial charge in [-0.1, -0.05) is 19.1 Å². The number of rotatable bonds is 4. The van der Waals surface area contributed by atoms with Crippen molar-refractivity contribution in [2.24, 2.45) is 5.92 Å². The highest BCUT2D eigenvalue weighted by atomic mass is 19.1. The van der Waals surface area contributed by atoms with E-state index >= 15 is 0 Å². The van der Waals surface area contributed by atoms with Crippen molar-refractivity contribution in [3.63, 3.8) is 0 Å². The molecule has 2 aromatic rings. The number of nitrogens with one attached hydrogen (secondary N) is 2. The van der Waals surface area contributed by atoms with E-state index in [1.165, 1.54) is 6.07 Å². The van der Waals surface area contributed by atoms with E-state index in [2.05, 4.69) is 47.5 Å². The summed E-state index contributed by atoms with van der Waals surface area (Å²) in [5.74, 6) is 0.184. The molecular weight excluding hydrogens is 379 g/mol. The number of hydrogen-bond donors (Lipinski definition) is 2. The molecule has 0 saturated carbocycles. The van der Waals surface area contributed by atoms with Crippen LogP contribution in [-0.4, -0.2) is 50.1 Å². The third-order valence-corrected chi connectivity index (χ3v) is 6.51. The van der Waals surface area contributed by atoms with Gasteiger partial charge in [-0.25, -0.2) is 4.39 Å². The van der Waals surface area contributed by atoms with Gasteiger partial charge in [0, 0.05) is 48.2 Å². The van der Waals surface area contributed by atoms with Crippen molar-refractivity contribution in [2.75, 3.05) is 42.7 Å². The number of carbonyl (C=O) groups is 1. The standard InChI is InChI=1S/C24H31FN4O/c1-15-8-9-20(25)19-13-21(27-23(15)19)24(30)26-17-6-5-7-18(12-17)29-11-10-22(28(3)4)16(2)14-29/h5-9,12,16,21-22,27H,10-11,13-14H2,1-4H3,(H,26,30)/t16-,21?,22?/m1/s1. The molecule has 1 amide bonds. The zero-order chi connectivity index (χ0) is 21.4. The van der Waals surface area contributed by atoms with Crippen LogP contribution in [0.15, 0.2) is 36.4 Å². The highest BCUT2D eigenvalue weighted by Gasteiger charge is 2.30. The third kappa shape index (κ3) is 4.01. The Kier molecular flexibility index (Phi) is 5.69. The molecule has 1 saturated heterocycles. The summed E-state index contributed by atoms with van der Waals surface area (Å²) in [7, 11) is 4.30. The summed E-state index contributed by atoms with van der Waals surface area (Å²) < 4.78 is 14.1. The van der Waals surface area contributed by atoms with Crippen LogP contribution in [0.2, 0.25) is 0 Å². The molecular formula is C24H31FN4O. The molecule has 0 radical (unpaired) electrons. The molecule has 0 spiro atoms. The fraction of sp³-hybridized carbons (Fsp3) is 0.458. The number of halogens is 1. The lowest BCUT2D eigenvalue weighted by molar-refractivity contribution is -0.116. The van der Waals surface area contributed by atoms with E-state index in [0.717, 1.165) is 42.1 Å². The van der Waals surface area contributed by atoms with Gasteiger partial charge in [0.25, 0.3) is 0 Å². The Balaban J connectivity index is 1.42. The summed E-state index contributed by atoms with van der Waals surface area (Å²) in [5.41, 5.74) is 4.21. The van der Waals surface area contributed by atoms with Crippen LogP contribution in [0, 0.1) is 18.7 Å². The van der Waals surface area contributed by atoms with E-state index in [0.29, 0.717) is 23.9 Å². The quantitative estimate of drug-likeness (QED) is 0.803. The van der Waals surface area contributed by atoms with Crippen LogP contribution in [-0.2, 0) is 11.2 Å². The van der Waals surface area contributed by atoms with E-state index in [1.807, 2.05) is 25.1 Å². The van der Waals surface area contributed by atoms with Gasteiger partial charge in [-0.05, 0) is 63.2 Å². The highest BCUT2D eigenvalue weighted by molar-refractivity contribution is 5.98. The summed E-state index contributed by atoms with van der Waals surface area (Å²) in [6.07, 6.45) is 1.49. The van der Waals surface area contributed by atoms with Gasteiger partial charge in [-0.2, -0.15) is 0 Å². The maximum atomic E-state index is 14.1. The van der Waals surface area contributed by atoms with Crippen LogP contribution in [0.1, 0.15) is 24.5 Å². The molecule has 0 aliphatic carbocycles. The number of aryl methyl sites for hydroxylation is 1. The first kappa shape index (κ1) is 20.7. The summed E-state index contributed by atoms with van der Waals surface area (Å²) in [6.45, 7) is 6.23. The summed E-state index contributed by atoms with van der Waals surface area (Å²) in [6, 6.07) is 11.4. The molecule has 2 heterocycles. The molecule has 2 N–H and O–H groups in total. The van der Waals surface area contributed by atoms with Crippen molar-refractivity contribution in [3.05, 3.63) is 53.3 Å². The molecule has 4 rings (SSSR count). The molecule has 1 fully saturated rings. The number of anilines is 3. The predicted octanol–water partition coefficient (Wildman–Crippen LogP) is 3.89. The average molecular weight is 411 g/mol. The number of nitrogens with zero attached hydrogens (tertiary/aromatic N) is 2. The molecule has 3 atom stereocenters. The fourth-order valence-corrected chi connectivity index (χ4v) is 4.87. The number of benzene rings is 2. The van der Waals surface area contributed by atoms with Crippen molar-refractivity contribution >= 4 is 23.0 Å². The summed E-state index contributed by atoms with van der Waals surface area (Å²) in [4.78, 5) is 17.6. The van der Waals surface area contributed by atoms with E-state index in [4.69, 9.17) is 0 Å². The number of piperidine rings is 1. The van der Waals surface area contributed by atoms with Crippen molar-refractivity contribution in [1.29, 1.82) is 0 Å². The van der Waals surface area contributed by atoms with Gasteiger partial charge in [0.2, 0.25) is 5.91 Å². The minimum Gasteiger partial charge on any atom is -0.373 e. The number of amides is 1. The van der Waals surface area contributed by atoms with Gasteiger partial charge >= 0.3 is 0 Å². The highest BCUT2D eigenvalue weighted by Crippen LogP contribution is 2.32.